The maximum absolute atomic E-state index is 11.8. The highest BCUT2D eigenvalue weighted by Crippen LogP contribution is 2.04. The van der Waals surface area contributed by atoms with Crippen LogP contribution in [0.2, 0.25) is 0 Å². The molecule has 0 atom stereocenters. The predicted octanol–water partition coefficient (Wildman–Crippen LogP) is 1.66. The predicted molar refractivity (Wildman–Crippen MR) is 78.2 cm³/mol. The Morgan fingerprint density at radius 2 is 1.90 bits per heavy atom. The van der Waals surface area contributed by atoms with Gasteiger partial charge in [0, 0.05) is 19.7 Å². The summed E-state index contributed by atoms with van der Waals surface area (Å²) in [5.41, 5.74) is 6.70. The first-order chi connectivity index (χ1) is 10.0. The van der Waals surface area contributed by atoms with E-state index in [9.17, 15) is 9.59 Å². The van der Waals surface area contributed by atoms with Crippen LogP contribution in [0.15, 0.2) is 42.1 Å². The molecule has 6 nitrogen and oxygen atoms in total. The van der Waals surface area contributed by atoms with E-state index in [1.54, 1.807) is 14.0 Å². The normalized spacial score (nSPS) is 10.9. The van der Waals surface area contributed by atoms with E-state index in [2.05, 4.69) is 0 Å². The molecule has 1 rings (SSSR count). The summed E-state index contributed by atoms with van der Waals surface area (Å²) in [4.78, 5) is 24.3. The fourth-order valence-electron chi connectivity index (χ4n) is 1.55. The molecule has 0 saturated heterocycles. The molecule has 0 aliphatic rings. The minimum Gasteiger partial charge on any atom is -0.463 e. The maximum atomic E-state index is 11.8. The van der Waals surface area contributed by atoms with Crippen LogP contribution in [0.4, 0.5) is 4.79 Å². The molecule has 0 fully saturated rings. The standard InChI is InChI=1S/C15H20N2O4/c1-3-20-14(18)9-13(16)11-21-15(19)17(2)10-12-7-5-4-6-8-12/h4-9H,3,10-11,16H2,1-2H3. The molecule has 1 amide bonds. The lowest BCUT2D eigenvalue weighted by atomic mass is 10.2. The van der Waals surface area contributed by atoms with Crippen LogP contribution in [0.5, 0.6) is 0 Å². The van der Waals surface area contributed by atoms with Gasteiger partial charge in [-0.05, 0) is 12.5 Å². The van der Waals surface area contributed by atoms with E-state index in [4.69, 9.17) is 15.2 Å². The van der Waals surface area contributed by atoms with Gasteiger partial charge in [0.05, 0.1) is 12.3 Å². The van der Waals surface area contributed by atoms with Crippen LogP contribution < -0.4 is 5.73 Å². The zero-order chi connectivity index (χ0) is 15.7. The molecule has 0 unspecified atom stereocenters. The highest BCUT2D eigenvalue weighted by molar-refractivity contribution is 5.82. The van der Waals surface area contributed by atoms with Gasteiger partial charge in [-0.15, -0.1) is 0 Å². The van der Waals surface area contributed by atoms with E-state index in [-0.39, 0.29) is 18.9 Å². The molecular formula is C15H20N2O4. The van der Waals surface area contributed by atoms with Crippen molar-refractivity contribution in [3.63, 3.8) is 0 Å². The number of carbonyl (C=O) groups is 2. The number of nitrogens with zero attached hydrogens (tertiary/aromatic N) is 1. The van der Waals surface area contributed by atoms with Crippen molar-refractivity contribution in [3.05, 3.63) is 47.7 Å². The second-order valence-electron chi connectivity index (χ2n) is 4.37. The van der Waals surface area contributed by atoms with Crippen LogP contribution >= 0.6 is 0 Å². The van der Waals surface area contributed by atoms with Crippen molar-refractivity contribution >= 4 is 12.1 Å². The number of hydrogen-bond donors (Lipinski definition) is 1. The molecule has 0 aromatic heterocycles. The quantitative estimate of drug-likeness (QED) is 0.637. The first kappa shape index (κ1) is 16.6. The summed E-state index contributed by atoms with van der Waals surface area (Å²) in [6.45, 7) is 2.24. The topological polar surface area (TPSA) is 81.9 Å². The van der Waals surface area contributed by atoms with Crippen molar-refractivity contribution < 1.29 is 19.1 Å². The van der Waals surface area contributed by atoms with Crippen LogP contribution in [-0.2, 0) is 20.8 Å². The van der Waals surface area contributed by atoms with Gasteiger partial charge in [0.15, 0.2) is 0 Å². The Morgan fingerprint density at radius 1 is 1.24 bits per heavy atom. The second-order valence-corrected chi connectivity index (χ2v) is 4.37. The van der Waals surface area contributed by atoms with Crippen molar-refractivity contribution in [2.75, 3.05) is 20.3 Å². The van der Waals surface area contributed by atoms with Crippen LogP contribution in [0, 0.1) is 0 Å². The zero-order valence-electron chi connectivity index (χ0n) is 12.2. The molecular weight excluding hydrogens is 272 g/mol. The number of esters is 1. The Morgan fingerprint density at radius 3 is 2.52 bits per heavy atom. The Hall–Kier alpha value is -2.50. The van der Waals surface area contributed by atoms with E-state index in [1.165, 1.54) is 4.90 Å². The third kappa shape index (κ3) is 6.47. The van der Waals surface area contributed by atoms with Gasteiger partial charge in [0.25, 0.3) is 0 Å². The average molecular weight is 292 g/mol. The van der Waals surface area contributed by atoms with Crippen molar-refractivity contribution in [3.8, 4) is 0 Å². The summed E-state index contributed by atoms with van der Waals surface area (Å²) in [5.74, 6) is -0.552. The van der Waals surface area contributed by atoms with E-state index in [0.717, 1.165) is 11.6 Å². The molecule has 0 saturated carbocycles. The largest absolute Gasteiger partial charge is 0.463 e. The van der Waals surface area contributed by atoms with Gasteiger partial charge in [-0.1, -0.05) is 30.3 Å². The van der Waals surface area contributed by atoms with E-state index in [0.29, 0.717) is 6.54 Å². The van der Waals surface area contributed by atoms with Crippen molar-refractivity contribution in [2.45, 2.75) is 13.5 Å². The van der Waals surface area contributed by atoms with E-state index < -0.39 is 12.1 Å². The van der Waals surface area contributed by atoms with Crippen LogP contribution in [-0.4, -0.2) is 37.2 Å². The molecule has 1 aromatic carbocycles. The Kier molecular flexibility index (Phi) is 6.80. The van der Waals surface area contributed by atoms with Crippen LogP contribution in [0.1, 0.15) is 12.5 Å². The van der Waals surface area contributed by atoms with Crippen molar-refractivity contribution in [2.24, 2.45) is 5.73 Å². The lowest BCUT2D eigenvalue weighted by Gasteiger charge is -2.17. The molecule has 2 N–H and O–H groups in total. The van der Waals surface area contributed by atoms with Gasteiger partial charge in [-0.25, -0.2) is 9.59 Å². The lowest BCUT2D eigenvalue weighted by Crippen LogP contribution is -2.28. The average Bonchev–Trinajstić information content (AvgIpc) is 2.46. The molecule has 0 radical (unpaired) electrons. The fraction of sp³-hybridized carbons (Fsp3) is 0.333. The van der Waals surface area contributed by atoms with Gasteiger partial charge < -0.3 is 20.1 Å². The lowest BCUT2D eigenvalue weighted by molar-refractivity contribution is -0.137. The highest BCUT2D eigenvalue weighted by Gasteiger charge is 2.11. The molecule has 114 valence electrons. The van der Waals surface area contributed by atoms with Gasteiger partial charge in [0.2, 0.25) is 0 Å². The third-order valence-corrected chi connectivity index (χ3v) is 2.53. The molecule has 0 heterocycles. The van der Waals surface area contributed by atoms with Gasteiger partial charge in [-0.3, -0.25) is 0 Å². The summed E-state index contributed by atoms with van der Waals surface area (Å²) in [6.07, 6.45) is 0.590. The minimum atomic E-state index is -0.552. The molecule has 0 spiro atoms. The molecule has 0 aliphatic carbocycles. The number of carbonyl (C=O) groups excluding carboxylic acids is 2. The smallest absolute Gasteiger partial charge is 0.410 e. The van der Waals surface area contributed by atoms with E-state index >= 15 is 0 Å². The van der Waals surface area contributed by atoms with E-state index in [1.807, 2.05) is 30.3 Å². The second kappa shape index (κ2) is 8.63. The minimum absolute atomic E-state index is 0.134. The SMILES string of the molecule is CCOC(=O)C=C(N)COC(=O)N(C)Cc1ccccc1. The highest BCUT2D eigenvalue weighted by atomic mass is 16.6. The first-order valence-electron chi connectivity index (χ1n) is 6.57. The van der Waals surface area contributed by atoms with Gasteiger partial charge in [-0.2, -0.15) is 0 Å². The number of ether oxygens (including phenoxy) is 2. The number of amides is 1. The van der Waals surface area contributed by atoms with Crippen molar-refractivity contribution in [1.29, 1.82) is 0 Å². The monoisotopic (exact) mass is 292 g/mol. The van der Waals surface area contributed by atoms with Crippen LogP contribution in [0.3, 0.4) is 0 Å². The molecule has 21 heavy (non-hydrogen) atoms. The molecule has 1 aromatic rings. The number of nitrogens with two attached hydrogens (primary N) is 1. The Bertz CT molecular complexity index is 500. The summed E-state index contributed by atoms with van der Waals surface area (Å²) in [5, 5.41) is 0. The first-order valence-corrected chi connectivity index (χ1v) is 6.57. The van der Waals surface area contributed by atoms with Crippen LogP contribution in [0.25, 0.3) is 0 Å². The third-order valence-electron chi connectivity index (χ3n) is 2.53. The zero-order valence-corrected chi connectivity index (χ0v) is 12.2. The maximum Gasteiger partial charge on any atom is 0.410 e. The summed E-state index contributed by atoms with van der Waals surface area (Å²) < 4.78 is 9.70. The molecule has 0 bridgehead atoms. The summed E-state index contributed by atoms with van der Waals surface area (Å²) in [6, 6.07) is 9.53. The van der Waals surface area contributed by atoms with Crippen molar-refractivity contribution in [1.82, 2.24) is 4.90 Å². The number of hydrogen-bond acceptors (Lipinski definition) is 5. The molecule has 6 heteroatoms. The van der Waals surface area contributed by atoms with Gasteiger partial charge in [0.1, 0.15) is 6.61 Å². The fourth-order valence-corrected chi connectivity index (χ4v) is 1.55. The Balaban J connectivity index is 2.41. The van der Waals surface area contributed by atoms with Gasteiger partial charge >= 0.3 is 12.1 Å². The Labute approximate surface area is 124 Å². The summed E-state index contributed by atoms with van der Waals surface area (Å²) in [7, 11) is 1.63. The summed E-state index contributed by atoms with van der Waals surface area (Å²) >= 11 is 0. The molecule has 0 aliphatic heterocycles. The number of rotatable bonds is 6. The number of benzene rings is 1.